The number of rotatable bonds is 6. The number of aromatic nitrogens is 3. The number of furan rings is 1. The summed E-state index contributed by atoms with van der Waals surface area (Å²) in [5.41, 5.74) is 3.74. The number of amides is 1. The van der Waals surface area contributed by atoms with Gasteiger partial charge in [0.1, 0.15) is 11.4 Å². The maximum Gasteiger partial charge on any atom is 0.350 e. The van der Waals surface area contributed by atoms with E-state index in [-0.39, 0.29) is 17.6 Å². The lowest BCUT2D eigenvalue weighted by atomic mass is 10.0. The molecule has 2 aromatic carbocycles. The monoisotopic (exact) mass is 470 g/mol. The zero-order valence-corrected chi connectivity index (χ0v) is 20.2. The predicted molar refractivity (Wildman–Crippen MR) is 135 cm³/mol. The Kier molecular flexibility index (Phi) is 5.35. The maximum absolute atomic E-state index is 13.3. The van der Waals surface area contributed by atoms with Gasteiger partial charge in [-0.1, -0.05) is 18.2 Å². The average Bonchev–Trinajstić information content (AvgIpc) is 3.27. The summed E-state index contributed by atoms with van der Waals surface area (Å²) in [5, 5.41) is 5.79. The zero-order chi connectivity index (χ0) is 24.1. The number of hydrogen-bond acceptors (Lipinski definition) is 4. The standard InChI is InChI=1S/C28H30N4O3/c1-18(2)32-28(34)31(26(29-32)15-19-11-13-30(17-19)27(33)21-3-4-21)24-8-5-20(6-9-24)22-7-10-25-23(16-22)12-14-35-25/h5-10,12,14,16,18-19,21H,3-4,11,13,15,17H2,1-2H3. The normalized spacial score (nSPS) is 18.1. The maximum atomic E-state index is 13.3. The van der Waals surface area contributed by atoms with Crippen LogP contribution in [0.3, 0.4) is 0 Å². The molecule has 1 saturated heterocycles. The molecule has 2 fully saturated rings. The summed E-state index contributed by atoms with van der Waals surface area (Å²) in [6.45, 7) is 5.52. The Bertz CT molecular complexity index is 1440. The summed E-state index contributed by atoms with van der Waals surface area (Å²) in [7, 11) is 0. The first-order valence-electron chi connectivity index (χ1n) is 12.5. The molecule has 1 atom stereocenters. The molecule has 1 unspecified atom stereocenters. The highest BCUT2D eigenvalue weighted by atomic mass is 16.3. The molecule has 1 aliphatic carbocycles. The molecule has 35 heavy (non-hydrogen) atoms. The lowest BCUT2D eigenvalue weighted by molar-refractivity contribution is -0.131. The van der Waals surface area contributed by atoms with Crippen LogP contribution in [0, 0.1) is 11.8 Å². The SMILES string of the molecule is CC(C)n1nc(CC2CCN(C(=O)C3CC3)C2)n(-c2ccc(-c3ccc4occc4c3)cc2)c1=O. The third-order valence-electron chi connectivity index (χ3n) is 7.26. The molecular formula is C28H30N4O3. The second kappa shape index (κ2) is 8.56. The van der Waals surface area contributed by atoms with Crippen molar-refractivity contribution in [1.29, 1.82) is 0 Å². The molecule has 4 aromatic rings. The fraction of sp³-hybridized carbons (Fsp3) is 0.393. The summed E-state index contributed by atoms with van der Waals surface area (Å²) >= 11 is 0. The number of likely N-dealkylation sites (tertiary alicyclic amines) is 1. The molecule has 1 amide bonds. The quantitative estimate of drug-likeness (QED) is 0.405. The third kappa shape index (κ3) is 4.09. The van der Waals surface area contributed by atoms with Crippen LogP contribution in [0.2, 0.25) is 0 Å². The van der Waals surface area contributed by atoms with E-state index in [4.69, 9.17) is 9.52 Å². The van der Waals surface area contributed by atoms with Gasteiger partial charge in [0.2, 0.25) is 5.91 Å². The van der Waals surface area contributed by atoms with Gasteiger partial charge in [-0.25, -0.2) is 14.0 Å². The first-order valence-corrected chi connectivity index (χ1v) is 12.5. The zero-order valence-electron chi connectivity index (χ0n) is 20.2. The van der Waals surface area contributed by atoms with Crippen LogP contribution in [0.15, 0.2) is 64.0 Å². The smallest absolute Gasteiger partial charge is 0.350 e. The Morgan fingerprint density at radius 2 is 1.83 bits per heavy atom. The Morgan fingerprint density at radius 1 is 1.06 bits per heavy atom. The molecule has 1 aliphatic heterocycles. The van der Waals surface area contributed by atoms with E-state index in [1.165, 1.54) is 0 Å². The number of carbonyl (C=O) groups excluding carboxylic acids is 1. The number of fused-ring (bicyclic) bond motifs is 1. The highest BCUT2D eigenvalue weighted by Gasteiger charge is 2.37. The first kappa shape index (κ1) is 21.9. The largest absolute Gasteiger partial charge is 0.464 e. The summed E-state index contributed by atoms with van der Waals surface area (Å²) in [4.78, 5) is 27.8. The van der Waals surface area contributed by atoms with E-state index in [0.717, 1.165) is 66.0 Å². The van der Waals surface area contributed by atoms with Gasteiger partial charge < -0.3 is 9.32 Å². The average molecular weight is 471 g/mol. The van der Waals surface area contributed by atoms with Crippen molar-refractivity contribution < 1.29 is 9.21 Å². The second-order valence-corrected chi connectivity index (χ2v) is 10.2. The van der Waals surface area contributed by atoms with Crippen molar-refractivity contribution in [1.82, 2.24) is 19.2 Å². The fourth-order valence-corrected chi connectivity index (χ4v) is 5.15. The molecule has 7 heteroatoms. The van der Waals surface area contributed by atoms with E-state index in [1.54, 1.807) is 15.5 Å². The predicted octanol–water partition coefficient (Wildman–Crippen LogP) is 4.83. The van der Waals surface area contributed by atoms with E-state index in [1.807, 2.05) is 61.2 Å². The second-order valence-electron chi connectivity index (χ2n) is 10.2. The summed E-state index contributed by atoms with van der Waals surface area (Å²) in [6.07, 6.45) is 5.40. The molecule has 0 N–H and O–H groups in total. The summed E-state index contributed by atoms with van der Waals surface area (Å²) < 4.78 is 8.77. The molecule has 2 aliphatic rings. The minimum Gasteiger partial charge on any atom is -0.464 e. The first-order chi connectivity index (χ1) is 17.0. The molecule has 0 radical (unpaired) electrons. The molecule has 3 heterocycles. The molecule has 6 rings (SSSR count). The molecular weight excluding hydrogens is 440 g/mol. The topological polar surface area (TPSA) is 73.3 Å². The van der Waals surface area contributed by atoms with Crippen LogP contribution < -0.4 is 5.69 Å². The minimum absolute atomic E-state index is 0.0278. The number of nitrogens with zero attached hydrogens (tertiary/aromatic N) is 4. The van der Waals surface area contributed by atoms with Crippen LogP contribution in [-0.2, 0) is 11.2 Å². The van der Waals surface area contributed by atoms with Crippen LogP contribution in [0.5, 0.6) is 0 Å². The summed E-state index contributed by atoms with van der Waals surface area (Å²) in [5.74, 6) is 1.64. The molecule has 0 spiro atoms. The molecule has 2 aromatic heterocycles. The highest BCUT2D eigenvalue weighted by Crippen LogP contribution is 2.33. The number of carbonyl (C=O) groups is 1. The number of benzene rings is 2. The number of hydrogen-bond donors (Lipinski definition) is 0. The van der Waals surface area contributed by atoms with E-state index >= 15 is 0 Å². The lowest BCUT2D eigenvalue weighted by Crippen LogP contribution is -2.30. The van der Waals surface area contributed by atoms with E-state index in [9.17, 15) is 9.59 Å². The van der Waals surface area contributed by atoms with Gasteiger partial charge in [-0.3, -0.25) is 4.79 Å². The van der Waals surface area contributed by atoms with Crippen LogP contribution in [0.25, 0.3) is 27.8 Å². The van der Waals surface area contributed by atoms with Crippen molar-refractivity contribution in [2.75, 3.05) is 13.1 Å². The van der Waals surface area contributed by atoms with Gasteiger partial charge in [-0.05, 0) is 80.5 Å². The van der Waals surface area contributed by atoms with Crippen molar-refractivity contribution >= 4 is 16.9 Å². The van der Waals surface area contributed by atoms with Crippen molar-refractivity contribution in [3.05, 3.63) is 71.1 Å². The van der Waals surface area contributed by atoms with Crippen molar-refractivity contribution in [2.45, 2.75) is 45.6 Å². The van der Waals surface area contributed by atoms with Crippen molar-refractivity contribution in [3.8, 4) is 16.8 Å². The Balaban J connectivity index is 1.28. The van der Waals surface area contributed by atoms with E-state index < -0.39 is 0 Å². The van der Waals surface area contributed by atoms with Gasteiger partial charge in [0.05, 0.1) is 18.0 Å². The minimum atomic E-state index is -0.119. The Labute approximate surface area is 204 Å². The lowest BCUT2D eigenvalue weighted by Gasteiger charge is -2.16. The Hall–Kier alpha value is -3.61. The third-order valence-corrected chi connectivity index (χ3v) is 7.26. The van der Waals surface area contributed by atoms with Crippen LogP contribution in [0.1, 0.15) is 45.0 Å². The van der Waals surface area contributed by atoms with Gasteiger partial charge >= 0.3 is 5.69 Å². The van der Waals surface area contributed by atoms with Crippen molar-refractivity contribution in [3.63, 3.8) is 0 Å². The fourth-order valence-electron chi connectivity index (χ4n) is 5.15. The molecule has 180 valence electrons. The van der Waals surface area contributed by atoms with Crippen LogP contribution >= 0.6 is 0 Å². The molecule has 1 saturated carbocycles. The van der Waals surface area contributed by atoms with Crippen molar-refractivity contribution in [2.24, 2.45) is 11.8 Å². The van der Waals surface area contributed by atoms with Crippen LogP contribution in [-0.4, -0.2) is 38.2 Å². The van der Waals surface area contributed by atoms with Crippen LogP contribution in [0.4, 0.5) is 0 Å². The highest BCUT2D eigenvalue weighted by molar-refractivity contribution is 5.83. The van der Waals surface area contributed by atoms with Gasteiger partial charge in [-0.2, -0.15) is 5.10 Å². The summed E-state index contributed by atoms with van der Waals surface area (Å²) in [6, 6.07) is 16.1. The Morgan fingerprint density at radius 3 is 2.57 bits per heavy atom. The van der Waals surface area contributed by atoms with Gasteiger partial charge in [-0.15, -0.1) is 0 Å². The van der Waals surface area contributed by atoms with Gasteiger partial charge in [0.15, 0.2) is 0 Å². The molecule has 7 nitrogen and oxygen atoms in total. The van der Waals surface area contributed by atoms with E-state index in [0.29, 0.717) is 18.2 Å². The molecule has 0 bridgehead atoms. The van der Waals surface area contributed by atoms with Gasteiger partial charge in [0.25, 0.3) is 0 Å². The van der Waals surface area contributed by atoms with Gasteiger partial charge in [0, 0.05) is 30.8 Å². The van der Waals surface area contributed by atoms with E-state index in [2.05, 4.69) is 6.07 Å².